The summed E-state index contributed by atoms with van der Waals surface area (Å²) in [6.45, 7) is 3.15. The van der Waals surface area contributed by atoms with Crippen LogP contribution in [0.2, 0.25) is 0 Å². The van der Waals surface area contributed by atoms with Gasteiger partial charge in [-0.2, -0.15) is 4.31 Å². The molecular formula is C13H19BrN2O2S. The van der Waals surface area contributed by atoms with Crippen molar-refractivity contribution in [2.45, 2.75) is 30.7 Å². The lowest BCUT2D eigenvalue weighted by atomic mass is 10.2. The number of nitrogens with zero attached hydrogens (tertiary/aromatic N) is 1. The number of nitrogens with one attached hydrogen (secondary N) is 1. The second-order valence-corrected chi connectivity index (χ2v) is 7.65. The third kappa shape index (κ3) is 3.02. The molecule has 0 saturated carbocycles. The number of hydrogen-bond donors (Lipinski definition) is 1. The van der Waals surface area contributed by atoms with Gasteiger partial charge in [-0.15, -0.1) is 0 Å². The molecule has 0 aromatic heterocycles. The number of halogens is 1. The van der Waals surface area contributed by atoms with Crippen LogP contribution in [0.5, 0.6) is 0 Å². The molecule has 1 atom stereocenters. The topological polar surface area (TPSA) is 49.4 Å². The first kappa shape index (κ1) is 15.0. The summed E-state index contributed by atoms with van der Waals surface area (Å²) in [6.07, 6.45) is 1.86. The molecule has 0 radical (unpaired) electrons. The van der Waals surface area contributed by atoms with Crippen molar-refractivity contribution in [3.05, 3.63) is 28.2 Å². The molecule has 1 unspecified atom stereocenters. The van der Waals surface area contributed by atoms with Crippen molar-refractivity contribution in [3.63, 3.8) is 0 Å². The summed E-state index contributed by atoms with van der Waals surface area (Å²) in [6, 6.07) is 5.38. The molecule has 1 aliphatic rings. The Morgan fingerprint density at radius 2 is 2.21 bits per heavy atom. The van der Waals surface area contributed by atoms with Crippen LogP contribution in [-0.2, 0) is 10.0 Å². The molecule has 1 N–H and O–H groups in total. The number of benzene rings is 1. The fourth-order valence-corrected chi connectivity index (χ4v) is 4.97. The molecule has 2 rings (SSSR count). The summed E-state index contributed by atoms with van der Waals surface area (Å²) >= 11 is 3.36. The SMILES string of the molecule is CNCC1CCCN1S(=O)(=O)c1ccc(Br)cc1C. The van der Waals surface area contributed by atoms with Gasteiger partial charge in [0.25, 0.3) is 0 Å². The number of aryl methyl sites for hydroxylation is 1. The van der Waals surface area contributed by atoms with Gasteiger partial charge in [0.05, 0.1) is 4.90 Å². The number of likely N-dealkylation sites (N-methyl/N-ethyl adjacent to an activating group) is 1. The van der Waals surface area contributed by atoms with Crippen molar-refractivity contribution in [1.82, 2.24) is 9.62 Å². The van der Waals surface area contributed by atoms with Crippen LogP contribution >= 0.6 is 15.9 Å². The van der Waals surface area contributed by atoms with Gasteiger partial charge in [0.1, 0.15) is 0 Å². The van der Waals surface area contributed by atoms with Crippen LogP contribution in [0.25, 0.3) is 0 Å². The molecule has 0 aliphatic carbocycles. The van der Waals surface area contributed by atoms with E-state index in [1.165, 1.54) is 0 Å². The molecule has 1 aromatic rings. The predicted octanol–water partition coefficient (Wildman–Crippen LogP) is 2.13. The first-order chi connectivity index (χ1) is 8.96. The molecule has 6 heteroatoms. The lowest BCUT2D eigenvalue weighted by Crippen LogP contribution is -2.40. The van der Waals surface area contributed by atoms with Gasteiger partial charge in [0.15, 0.2) is 0 Å². The van der Waals surface area contributed by atoms with E-state index in [9.17, 15) is 8.42 Å². The Hall–Kier alpha value is -0.430. The Kier molecular flexibility index (Phi) is 4.66. The highest BCUT2D eigenvalue weighted by molar-refractivity contribution is 9.10. The van der Waals surface area contributed by atoms with Crippen LogP contribution in [0.1, 0.15) is 18.4 Å². The number of hydrogen-bond acceptors (Lipinski definition) is 3. The summed E-state index contributed by atoms with van der Waals surface area (Å²) in [7, 11) is -1.53. The van der Waals surface area contributed by atoms with Crippen molar-refractivity contribution in [1.29, 1.82) is 0 Å². The van der Waals surface area contributed by atoms with E-state index in [2.05, 4.69) is 21.2 Å². The Balaban J connectivity index is 2.36. The minimum atomic E-state index is -3.38. The van der Waals surface area contributed by atoms with Crippen LogP contribution in [0.4, 0.5) is 0 Å². The maximum Gasteiger partial charge on any atom is 0.243 e. The Bertz CT molecular complexity index is 560. The highest BCUT2D eigenvalue weighted by Gasteiger charge is 2.35. The summed E-state index contributed by atoms with van der Waals surface area (Å²) in [5.74, 6) is 0. The highest BCUT2D eigenvalue weighted by atomic mass is 79.9. The van der Waals surface area contributed by atoms with Crippen molar-refractivity contribution >= 4 is 26.0 Å². The van der Waals surface area contributed by atoms with Gasteiger partial charge in [-0.25, -0.2) is 8.42 Å². The number of rotatable bonds is 4. The minimum absolute atomic E-state index is 0.0676. The molecule has 1 fully saturated rings. The second kappa shape index (κ2) is 5.91. The molecule has 0 amide bonds. The summed E-state index contributed by atoms with van der Waals surface area (Å²) in [5, 5.41) is 3.07. The zero-order valence-electron chi connectivity index (χ0n) is 11.2. The van der Waals surface area contributed by atoms with Crippen LogP contribution in [-0.4, -0.2) is 38.9 Å². The van der Waals surface area contributed by atoms with E-state index >= 15 is 0 Å². The van der Waals surface area contributed by atoms with Crippen LogP contribution in [0.15, 0.2) is 27.6 Å². The van der Waals surface area contributed by atoms with E-state index < -0.39 is 10.0 Å². The second-order valence-electron chi connectivity index (χ2n) is 4.88. The molecule has 1 heterocycles. The number of sulfonamides is 1. The molecule has 0 bridgehead atoms. The van der Waals surface area contributed by atoms with Crippen molar-refractivity contribution in [2.24, 2.45) is 0 Å². The van der Waals surface area contributed by atoms with Crippen LogP contribution < -0.4 is 5.32 Å². The zero-order chi connectivity index (χ0) is 14.0. The van der Waals surface area contributed by atoms with Gasteiger partial charge in [-0.1, -0.05) is 15.9 Å². The quantitative estimate of drug-likeness (QED) is 0.908. The lowest BCUT2D eigenvalue weighted by Gasteiger charge is -2.24. The van der Waals surface area contributed by atoms with Gasteiger partial charge in [-0.3, -0.25) is 0 Å². The van der Waals surface area contributed by atoms with Crippen LogP contribution in [0.3, 0.4) is 0 Å². The van der Waals surface area contributed by atoms with Crippen LogP contribution in [0, 0.1) is 6.92 Å². The van der Waals surface area contributed by atoms with E-state index in [1.807, 2.05) is 20.0 Å². The summed E-state index contributed by atoms with van der Waals surface area (Å²) < 4.78 is 28.0. The Labute approximate surface area is 123 Å². The van der Waals surface area contributed by atoms with E-state index in [1.54, 1.807) is 16.4 Å². The Morgan fingerprint density at radius 1 is 1.47 bits per heavy atom. The largest absolute Gasteiger partial charge is 0.318 e. The maximum absolute atomic E-state index is 12.7. The lowest BCUT2D eigenvalue weighted by molar-refractivity contribution is 0.379. The molecule has 4 nitrogen and oxygen atoms in total. The fraction of sp³-hybridized carbons (Fsp3) is 0.538. The standard InChI is InChI=1S/C13H19BrN2O2S/c1-10-8-11(14)5-6-13(10)19(17,18)16-7-3-4-12(16)9-15-2/h5-6,8,12,15H,3-4,7,9H2,1-2H3. The first-order valence-electron chi connectivity index (χ1n) is 6.39. The summed E-state index contributed by atoms with van der Waals surface area (Å²) in [4.78, 5) is 0.415. The summed E-state index contributed by atoms with van der Waals surface area (Å²) in [5.41, 5.74) is 0.782. The Morgan fingerprint density at radius 3 is 2.84 bits per heavy atom. The highest BCUT2D eigenvalue weighted by Crippen LogP contribution is 2.28. The normalized spacial score (nSPS) is 20.9. The van der Waals surface area contributed by atoms with E-state index in [0.29, 0.717) is 18.0 Å². The van der Waals surface area contributed by atoms with Gasteiger partial charge in [0, 0.05) is 23.6 Å². The average Bonchev–Trinajstić information content (AvgIpc) is 2.78. The molecule has 19 heavy (non-hydrogen) atoms. The van der Waals surface area contributed by atoms with E-state index in [4.69, 9.17) is 0 Å². The predicted molar refractivity (Wildman–Crippen MR) is 79.7 cm³/mol. The molecule has 1 saturated heterocycles. The van der Waals surface area contributed by atoms with Gasteiger partial charge < -0.3 is 5.32 Å². The molecule has 1 aromatic carbocycles. The monoisotopic (exact) mass is 346 g/mol. The molecule has 1 aliphatic heterocycles. The van der Waals surface area contributed by atoms with Crippen molar-refractivity contribution in [3.8, 4) is 0 Å². The maximum atomic E-state index is 12.7. The zero-order valence-corrected chi connectivity index (χ0v) is 13.6. The average molecular weight is 347 g/mol. The third-order valence-corrected chi connectivity index (χ3v) is 6.09. The van der Waals surface area contributed by atoms with Crippen molar-refractivity contribution < 1.29 is 8.42 Å². The van der Waals surface area contributed by atoms with Gasteiger partial charge >= 0.3 is 0 Å². The van der Waals surface area contributed by atoms with Gasteiger partial charge in [0.2, 0.25) is 10.0 Å². The molecular weight excluding hydrogens is 328 g/mol. The van der Waals surface area contributed by atoms with Gasteiger partial charge in [-0.05, 0) is 50.6 Å². The first-order valence-corrected chi connectivity index (χ1v) is 8.62. The molecule has 106 valence electrons. The minimum Gasteiger partial charge on any atom is -0.318 e. The molecule has 0 spiro atoms. The van der Waals surface area contributed by atoms with E-state index in [-0.39, 0.29) is 6.04 Å². The van der Waals surface area contributed by atoms with E-state index in [0.717, 1.165) is 22.9 Å². The van der Waals surface area contributed by atoms with Crippen molar-refractivity contribution in [2.75, 3.05) is 20.1 Å². The smallest absolute Gasteiger partial charge is 0.243 e. The third-order valence-electron chi connectivity index (χ3n) is 3.49. The fourth-order valence-electron chi connectivity index (χ4n) is 2.59.